The number of halogens is 3. The molecule has 0 unspecified atom stereocenters. The monoisotopic (exact) mass is 403 g/mol. The van der Waals surface area contributed by atoms with E-state index in [4.69, 9.17) is 39.5 Å². The van der Waals surface area contributed by atoms with Crippen LogP contribution in [0.3, 0.4) is 0 Å². The SMILES string of the molecule is O=C(Cn1c2ccccc2c2ccccc21)Oc1cc(Cl)c(Cl)cc1Cl. The van der Waals surface area contributed by atoms with Gasteiger partial charge in [0.05, 0.1) is 15.1 Å². The Morgan fingerprint density at radius 3 is 1.96 bits per heavy atom. The Hall–Kier alpha value is -2.20. The Bertz CT molecular complexity index is 1100. The maximum atomic E-state index is 12.5. The zero-order valence-electron chi connectivity index (χ0n) is 13.4. The van der Waals surface area contributed by atoms with E-state index in [-0.39, 0.29) is 22.3 Å². The Labute approximate surface area is 164 Å². The van der Waals surface area contributed by atoms with Crippen molar-refractivity contribution in [1.82, 2.24) is 4.57 Å². The number of para-hydroxylation sites is 2. The van der Waals surface area contributed by atoms with Gasteiger partial charge in [-0.15, -0.1) is 0 Å². The van der Waals surface area contributed by atoms with Crippen molar-refractivity contribution in [1.29, 1.82) is 0 Å². The lowest BCUT2D eigenvalue weighted by molar-refractivity contribution is -0.134. The van der Waals surface area contributed by atoms with Crippen LogP contribution in [-0.4, -0.2) is 10.5 Å². The molecule has 0 fully saturated rings. The number of rotatable bonds is 3. The molecule has 0 radical (unpaired) electrons. The highest BCUT2D eigenvalue weighted by Gasteiger charge is 2.16. The minimum absolute atomic E-state index is 0.0462. The fraction of sp³-hybridized carbons (Fsp3) is 0.0500. The number of esters is 1. The third-order valence-corrected chi connectivity index (χ3v) is 5.18. The highest BCUT2D eigenvalue weighted by Crippen LogP contribution is 2.34. The lowest BCUT2D eigenvalue weighted by Gasteiger charge is -2.10. The summed E-state index contributed by atoms with van der Waals surface area (Å²) in [6, 6.07) is 18.8. The Kier molecular flexibility index (Phi) is 4.53. The summed E-state index contributed by atoms with van der Waals surface area (Å²) in [4.78, 5) is 12.5. The van der Waals surface area contributed by atoms with E-state index >= 15 is 0 Å². The smallest absolute Gasteiger partial charge is 0.331 e. The van der Waals surface area contributed by atoms with E-state index in [1.807, 2.05) is 53.1 Å². The number of ether oxygens (including phenoxy) is 1. The standard InChI is InChI=1S/C20H12Cl3NO2/c21-14-9-16(23)19(10-15(14)22)26-20(25)11-24-17-7-3-1-5-12(17)13-6-2-4-8-18(13)24/h1-10H,11H2. The number of fused-ring (bicyclic) bond motifs is 3. The summed E-state index contributed by atoms with van der Waals surface area (Å²) < 4.78 is 7.35. The van der Waals surface area contributed by atoms with Gasteiger partial charge in [0.1, 0.15) is 6.54 Å². The van der Waals surface area contributed by atoms with Crippen LogP contribution in [0.25, 0.3) is 21.8 Å². The summed E-state index contributed by atoms with van der Waals surface area (Å²) in [5.74, 6) is -0.261. The molecule has 130 valence electrons. The molecular formula is C20H12Cl3NO2. The highest BCUT2D eigenvalue weighted by atomic mass is 35.5. The Morgan fingerprint density at radius 1 is 0.808 bits per heavy atom. The number of carbonyl (C=O) groups is 1. The van der Waals surface area contributed by atoms with Gasteiger partial charge in [0.25, 0.3) is 0 Å². The first-order valence-electron chi connectivity index (χ1n) is 7.86. The van der Waals surface area contributed by atoms with Crippen LogP contribution in [0.5, 0.6) is 5.75 Å². The third kappa shape index (κ3) is 3.03. The zero-order chi connectivity index (χ0) is 18.3. The molecule has 0 amide bonds. The van der Waals surface area contributed by atoms with Gasteiger partial charge in [0.2, 0.25) is 0 Å². The van der Waals surface area contributed by atoms with Gasteiger partial charge in [-0.1, -0.05) is 71.2 Å². The number of hydrogen-bond donors (Lipinski definition) is 0. The van der Waals surface area contributed by atoms with Crippen LogP contribution in [0.4, 0.5) is 0 Å². The maximum absolute atomic E-state index is 12.5. The number of hydrogen-bond acceptors (Lipinski definition) is 2. The Morgan fingerprint density at radius 2 is 1.35 bits per heavy atom. The van der Waals surface area contributed by atoms with Crippen molar-refractivity contribution in [2.45, 2.75) is 6.54 Å². The molecule has 0 bridgehead atoms. The lowest BCUT2D eigenvalue weighted by atomic mass is 10.2. The topological polar surface area (TPSA) is 31.2 Å². The van der Waals surface area contributed by atoms with Crippen LogP contribution in [0.15, 0.2) is 60.7 Å². The summed E-state index contributed by atoms with van der Waals surface area (Å²) >= 11 is 18.0. The fourth-order valence-electron chi connectivity index (χ4n) is 3.04. The van der Waals surface area contributed by atoms with E-state index in [9.17, 15) is 4.79 Å². The molecule has 26 heavy (non-hydrogen) atoms. The van der Waals surface area contributed by atoms with E-state index in [1.54, 1.807) is 0 Å². The first kappa shape index (κ1) is 17.2. The summed E-state index contributed by atoms with van der Waals surface area (Å²) in [5, 5.41) is 2.98. The van der Waals surface area contributed by atoms with E-state index in [2.05, 4.69) is 0 Å². The maximum Gasteiger partial charge on any atom is 0.331 e. The molecule has 4 aromatic rings. The van der Waals surface area contributed by atoms with Crippen molar-refractivity contribution in [2.24, 2.45) is 0 Å². The van der Waals surface area contributed by atoms with Crippen LogP contribution in [0.2, 0.25) is 15.1 Å². The van der Waals surface area contributed by atoms with Crippen molar-refractivity contribution < 1.29 is 9.53 Å². The number of aromatic nitrogens is 1. The zero-order valence-corrected chi connectivity index (χ0v) is 15.6. The Balaban J connectivity index is 1.71. The predicted octanol–water partition coefficient (Wildman–Crippen LogP) is 6.36. The largest absolute Gasteiger partial charge is 0.424 e. The van der Waals surface area contributed by atoms with Gasteiger partial charge in [-0.3, -0.25) is 0 Å². The summed E-state index contributed by atoms with van der Waals surface area (Å²) in [6.07, 6.45) is 0. The van der Waals surface area contributed by atoms with Gasteiger partial charge in [0, 0.05) is 27.9 Å². The summed E-state index contributed by atoms with van der Waals surface area (Å²) in [5.41, 5.74) is 1.93. The van der Waals surface area contributed by atoms with E-state index < -0.39 is 5.97 Å². The number of nitrogens with zero attached hydrogens (tertiary/aromatic N) is 1. The molecule has 6 heteroatoms. The third-order valence-electron chi connectivity index (χ3n) is 4.17. The van der Waals surface area contributed by atoms with Gasteiger partial charge < -0.3 is 9.30 Å². The van der Waals surface area contributed by atoms with Crippen molar-refractivity contribution in [3.63, 3.8) is 0 Å². The van der Waals surface area contributed by atoms with Gasteiger partial charge in [-0.2, -0.15) is 0 Å². The molecular weight excluding hydrogens is 393 g/mol. The molecule has 0 aliphatic rings. The van der Waals surface area contributed by atoms with E-state index in [1.165, 1.54) is 12.1 Å². The quantitative estimate of drug-likeness (QED) is 0.226. The molecule has 1 aromatic heterocycles. The van der Waals surface area contributed by atoms with Crippen LogP contribution in [0.1, 0.15) is 0 Å². The van der Waals surface area contributed by atoms with Gasteiger partial charge in [-0.05, 0) is 18.2 Å². The van der Waals surface area contributed by atoms with Crippen LogP contribution >= 0.6 is 34.8 Å². The second kappa shape index (κ2) is 6.84. The van der Waals surface area contributed by atoms with Crippen molar-refractivity contribution in [3.8, 4) is 5.75 Å². The van der Waals surface area contributed by atoms with Crippen molar-refractivity contribution in [3.05, 3.63) is 75.7 Å². The molecule has 1 heterocycles. The highest BCUT2D eigenvalue weighted by molar-refractivity contribution is 6.43. The molecule has 0 N–H and O–H groups in total. The lowest BCUT2D eigenvalue weighted by Crippen LogP contribution is -2.16. The molecule has 0 saturated heterocycles. The van der Waals surface area contributed by atoms with E-state index in [0.29, 0.717) is 5.02 Å². The molecule has 0 saturated carbocycles. The molecule has 0 aliphatic carbocycles. The average molecular weight is 405 g/mol. The van der Waals surface area contributed by atoms with Crippen LogP contribution in [0, 0.1) is 0 Å². The summed E-state index contributed by atoms with van der Waals surface area (Å²) in [7, 11) is 0. The normalized spacial score (nSPS) is 11.2. The number of benzene rings is 3. The second-order valence-corrected chi connectivity index (χ2v) is 7.01. The van der Waals surface area contributed by atoms with Gasteiger partial charge in [0.15, 0.2) is 5.75 Å². The predicted molar refractivity (Wildman–Crippen MR) is 107 cm³/mol. The first-order chi connectivity index (χ1) is 12.5. The van der Waals surface area contributed by atoms with Gasteiger partial charge in [-0.25, -0.2) is 4.79 Å². The second-order valence-electron chi connectivity index (χ2n) is 5.79. The van der Waals surface area contributed by atoms with Crippen LogP contribution < -0.4 is 4.74 Å². The summed E-state index contributed by atoms with van der Waals surface area (Å²) in [6.45, 7) is 0.0462. The van der Waals surface area contributed by atoms with Crippen molar-refractivity contribution in [2.75, 3.05) is 0 Å². The molecule has 3 nitrogen and oxygen atoms in total. The van der Waals surface area contributed by atoms with Gasteiger partial charge >= 0.3 is 5.97 Å². The first-order valence-corrected chi connectivity index (χ1v) is 8.99. The molecule has 0 aliphatic heterocycles. The molecule has 0 spiro atoms. The number of carbonyl (C=O) groups excluding carboxylic acids is 1. The minimum atomic E-state index is -0.447. The van der Waals surface area contributed by atoms with Crippen molar-refractivity contribution >= 4 is 62.6 Å². The fourth-order valence-corrected chi connectivity index (χ4v) is 3.62. The molecule has 3 aromatic carbocycles. The molecule has 4 rings (SSSR count). The average Bonchev–Trinajstić information content (AvgIpc) is 2.94. The van der Waals surface area contributed by atoms with Crippen LogP contribution in [-0.2, 0) is 11.3 Å². The van der Waals surface area contributed by atoms with E-state index in [0.717, 1.165) is 21.8 Å². The molecule has 0 atom stereocenters. The minimum Gasteiger partial charge on any atom is -0.424 e.